The number of hydrogen-bond donors (Lipinski definition) is 1. The van der Waals surface area contributed by atoms with E-state index in [1.807, 2.05) is 17.9 Å². The average molecular weight is 266 g/mol. The molecule has 19 heavy (non-hydrogen) atoms. The number of rotatable bonds is 8. The molecule has 110 valence electrons. The van der Waals surface area contributed by atoms with E-state index in [1.54, 1.807) is 0 Å². The normalized spacial score (nSPS) is 14.1. The Morgan fingerprint density at radius 2 is 1.84 bits per heavy atom. The number of nitrogens with zero attached hydrogens (tertiary/aromatic N) is 3. The Morgan fingerprint density at radius 3 is 2.16 bits per heavy atom. The van der Waals surface area contributed by atoms with Crippen LogP contribution < -0.4 is 5.32 Å². The number of aryl methyl sites for hydroxylation is 1. The van der Waals surface area contributed by atoms with E-state index in [2.05, 4.69) is 56.1 Å². The van der Waals surface area contributed by atoms with E-state index < -0.39 is 0 Å². The van der Waals surface area contributed by atoms with E-state index in [0.29, 0.717) is 6.04 Å². The van der Waals surface area contributed by atoms with Gasteiger partial charge in [0.05, 0.1) is 11.7 Å². The van der Waals surface area contributed by atoms with Crippen molar-refractivity contribution in [1.82, 2.24) is 20.0 Å². The van der Waals surface area contributed by atoms with Crippen molar-refractivity contribution in [2.24, 2.45) is 7.05 Å². The van der Waals surface area contributed by atoms with Gasteiger partial charge >= 0.3 is 0 Å². The van der Waals surface area contributed by atoms with E-state index in [0.717, 1.165) is 25.9 Å². The van der Waals surface area contributed by atoms with Gasteiger partial charge in [0.25, 0.3) is 0 Å². The van der Waals surface area contributed by atoms with Gasteiger partial charge < -0.3 is 5.32 Å². The molecule has 1 unspecified atom stereocenters. The van der Waals surface area contributed by atoms with Crippen LogP contribution in [0.15, 0.2) is 12.3 Å². The lowest BCUT2D eigenvalue weighted by atomic mass is 9.80. The summed E-state index contributed by atoms with van der Waals surface area (Å²) in [6.45, 7) is 11.2. The third-order valence-corrected chi connectivity index (χ3v) is 4.60. The van der Waals surface area contributed by atoms with Crippen LogP contribution in [0.2, 0.25) is 0 Å². The van der Waals surface area contributed by atoms with Gasteiger partial charge in [-0.25, -0.2) is 0 Å². The predicted molar refractivity (Wildman–Crippen MR) is 81.2 cm³/mol. The van der Waals surface area contributed by atoms with Gasteiger partial charge in [-0.05, 0) is 39.0 Å². The molecule has 0 fully saturated rings. The maximum Gasteiger partial charge on any atom is 0.0676 e. The summed E-state index contributed by atoms with van der Waals surface area (Å²) in [5, 5.41) is 7.87. The van der Waals surface area contributed by atoms with Crippen molar-refractivity contribution in [3.63, 3.8) is 0 Å². The number of likely N-dealkylation sites (N-methyl/N-ethyl adjacent to an activating group) is 2. The standard InChI is InChI=1S/C15H30N4/c1-7-15(8-2,19(9-3)10-4)14(16-5)13-11-12-17-18(13)6/h11-12,14,16H,7-10H2,1-6H3. The minimum Gasteiger partial charge on any atom is -0.310 e. The monoisotopic (exact) mass is 266 g/mol. The van der Waals surface area contributed by atoms with Crippen LogP contribution in [0.25, 0.3) is 0 Å². The number of aromatic nitrogens is 2. The first-order chi connectivity index (χ1) is 9.11. The molecule has 0 spiro atoms. The summed E-state index contributed by atoms with van der Waals surface area (Å²) in [5.41, 5.74) is 1.41. The molecule has 0 saturated heterocycles. The molecule has 4 nitrogen and oxygen atoms in total. The highest BCUT2D eigenvalue weighted by Gasteiger charge is 2.41. The first-order valence-corrected chi connectivity index (χ1v) is 7.51. The summed E-state index contributed by atoms with van der Waals surface area (Å²) in [4.78, 5) is 2.58. The lowest BCUT2D eigenvalue weighted by Crippen LogP contribution is -2.55. The van der Waals surface area contributed by atoms with Gasteiger partial charge in [0.15, 0.2) is 0 Å². The summed E-state index contributed by atoms with van der Waals surface area (Å²) in [7, 11) is 4.08. The van der Waals surface area contributed by atoms with Crippen LogP contribution in [0.1, 0.15) is 52.3 Å². The van der Waals surface area contributed by atoms with Gasteiger partial charge in [0, 0.05) is 18.8 Å². The van der Waals surface area contributed by atoms with E-state index >= 15 is 0 Å². The summed E-state index contributed by atoms with van der Waals surface area (Å²) in [6, 6.07) is 2.43. The first kappa shape index (κ1) is 16.2. The molecule has 0 aliphatic carbocycles. The smallest absolute Gasteiger partial charge is 0.0676 e. The Hall–Kier alpha value is -0.870. The molecule has 1 aromatic heterocycles. The molecule has 4 heteroatoms. The molecule has 1 N–H and O–H groups in total. The Morgan fingerprint density at radius 1 is 1.26 bits per heavy atom. The Kier molecular flexibility index (Phi) is 6.01. The molecule has 1 aromatic rings. The quantitative estimate of drug-likeness (QED) is 0.785. The SMILES string of the molecule is CCN(CC)C(CC)(CC)C(NC)c1ccnn1C. The molecule has 1 atom stereocenters. The number of nitrogens with one attached hydrogen (secondary N) is 1. The topological polar surface area (TPSA) is 33.1 Å². The van der Waals surface area contributed by atoms with Crippen molar-refractivity contribution in [1.29, 1.82) is 0 Å². The Balaban J connectivity index is 3.25. The molecule has 0 bridgehead atoms. The zero-order chi connectivity index (χ0) is 14.5. The minimum atomic E-state index is 0.145. The highest BCUT2D eigenvalue weighted by molar-refractivity contribution is 5.15. The van der Waals surface area contributed by atoms with Gasteiger partial charge in [-0.1, -0.05) is 27.7 Å². The second-order valence-corrected chi connectivity index (χ2v) is 5.08. The third kappa shape index (κ3) is 2.84. The fourth-order valence-electron chi connectivity index (χ4n) is 3.50. The van der Waals surface area contributed by atoms with Crippen molar-refractivity contribution in [2.45, 2.75) is 52.1 Å². The molecule has 0 saturated carbocycles. The van der Waals surface area contributed by atoms with Gasteiger partial charge in [-0.2, -0.15) is 5.10 Å². The van der Waals surface area contributed by atoms with E-state index in [-0.39, 0.29) is 5.54 Å². The predicted octanol–water partition coefficient (Wildman–Crippen LogP) is 2.58. The second kappa shape index (κ2) is 7.06. The van der Waals surface area contributed by atoms with Crippen LogP contribution in [0, 0.1) is 0 Å². The summed E-state index contributed by atoms with van der Waals surface area (Å²) in [5.74, 6) is 0. The lowest BCUT2D eigenvalue weighted by molar-refractivity contribution is 0.0487. The molecule has 0 radical (unpaired) electrons. The maximum atomic E-state index is 4.34. The van der Waals surface area contributed by atoms with Crippen LogP contribution >= 0.6 is 0 Å². The molecule has 0 aliphatic heterocycles. The molecular weight excluding hydrogens is 236 g/mol. The first-order valence-electron chi connectivity index (χ1n) is 7.51. The minimum absolute atomic E-state index is 0.145. The summed E-state index contributed by atoms with van der Waals surface area (Å²) < 4.78 is 1.99. The van der Waals surface area contributed by atoms with Crippen LogP contribution in [0.5, 0.6) is 0 Å². The summed E-state index contributed by atoms with van der Waals surface area (Å²) >= 11 is 0. The van der Waals surface area contributed by atoms with Gasteiger partial charge in [-0.15, -0.1) is 0 Å². The highest BCUT2D eigenvalue weighted by atomic mass is 15.3. The Bertz CT molecular complexity index is 364. The zero-order valence-corrected chi connectivity index (χ0v) is 13.4. The fraction of sp³-hybridized carbons (Fsp3) is 0.800. The average Bonchev–Trinajstić information content (AvgIpc) is 2.85. The fourth-order valence-corrected chi connectivity index (χ4v) is 3.50. The number of hydrogen-bond acceptors (Lipinski definition) is 3. The van der Waals surface area contributed by atoms with Crippen LogP contribution in [0.3, 0.4) is 0 Å². The van der Waals surface area contributed by atoms with Crippen LogP contribution in [-0.2, 0) is 7.05 Å². The highest BCUT2D eigenvalue weighted by Crippen LogP contribution is 2.36. The summed E-state index contributed by atoms with van der Waals surface area (Å²) in [6.07, 6.45) is 4.14. The molecule has 1 heterocycles. The van der Waals surface area contributed by atoms with Crippen molar-refractivity contribution in [2.75, 3.05) is 20.1 Å². The van der Waals surface area contributed by atoms with Crippen molar-refractivity contribution in [3.05, 3.63) is 18.0 Å². The van der Waals surface area contributed by atoms with E-state index in [4.69, 9.17) is 0 Å². The van der Waals surface area contributed by atoms with Crippen molar-refractivity contribution < 1.29 is 0 Å². The third-order valence-electron chi connectivity index (χ3n) is 4.60. The maximum absolute atomic E-state index is 4.34. The molecule has 1 rings (SSSR count). The molecular formula is C15H30N4. The zero-order valence-electron chi connectivity index (χ0n) is 13.4. The van der Waals surface area contributed by atoms with Gasteiger partial charge in [0.1, 0.15) is 0 Å². The van der Waals surface area contributed by atoms with E-state index in [1.165, 1.54) is 5.69 Å². The van der Waals surface area contributed by atoms with Gasteiger partial charge in [0.2, 0.25) is 0 Å². The largest absolute Gasteiger partial charge is 0.310 e. The molecule has 0 aliphatic rings. The lowest BCUT2D eigenvalue weighted by Gasteiger charge is -2.47. The van der Waals surface area contributed by atoms with Crippen molar-refractivity contribution in [3.8, 4) is 0 Å². The van der Waals surface area contributed by atoms with Crippen molar-refractivity contribution >= 4 is 0 Å². The van der Waals surface area contributed by atoms with Crippen LogP contribution in [-0.4, -0.2) is 40.4 Å². The van der Waals surface area contributed by atoms with Crippen LogP contribution in [0.4, 0.5) is 0 Å². The second-order valence-electron chi connectivity index (χ2n) is 5.08. The molecule has 0 aromatic carbocycles. The van der Waals surface area contributed by atoms with E-state index in [9.17, 15) is 0 Å². The van der Waals surface area contributed by atoms with Gasteiger partial charge in [-0.3, -0.25) is 9.58 Å². The molecule has 0 amide bonds. The Labute approximate surface area is 118 Å².